The van der Waals surface area contributed by atoms with Gasteiger partial charge in [0.15, 0.2) is 0 Å². The van der Waals surface area contributed by atoms with Gasteiger partial charge in [-0.15, -0.1) is 0 Å². The van der Waals surface area contributed by atoms with E-state index in [-0.39, 0.29) is 0 Å². The quantitative estimate of drug-likeness (QED) is 0.733. The molecule has 1 unspecified atom stereocenters. The molecule has 1 heterocycles. The van der Waals surface area contributed by atoms with Gasteiger partial charge in [-0.2, -0.15) is 0 Å². The number of rotatable bonds is 3. The van der Waals surface area contributed by atoms with E-state index in [4.69, 9.17) is 0 Å². The Morgan fingerprint density at radius 3 is 2.87 bits per heavy atom. The molecule has 3 heteroatoms. The Hall–Kier alpha value is -0.280. The lowest BCUT2D eigenvalue weighted by Crippen LogP contribution is -2.07. The molecular weight excluding hydrogens is 318 g/mol. The summed E-state index contributed by atoms with van der Waals surface area (Å²) in [7, 11) is 0. The molecule has 0 aliphatic heterocycles. The summed E-state index contributed by atoms with van der Waals surface area (Å²) in [5.41, 5.74) is 1.31. The number of hydrogen-bond acceptors (Lipinski definition) is 0. The number of halogens is 2. The number of alkyl halides is 1. The number of fused-ring (bicyclic) bond motifs is 1. The molecule has 2 aromatic rings. The zero-order valence-electron chi connectivity index (χ0n) is 8.58. The predicted octanol–water partition coefficient (Wildman–Crippen LogP) is 4.43. The van der Waals surface area contributed by atoms with Crippen molar-refractivity contribution in [3.05, 3.63) is 34.9 Å². The molecule has 1 nitrogen and oxygen atoms in total. The molecule has 0 spiro atoms. The third-order valence-electron chi connectivity index (χ3n) is 2.50. The van der Waals surface area contributed by atoms with Crippen LogP contribution in [0.3, 0.4) is 0 Å². The van der Waals surface area contributed by atoms with Crippen molar-refractivity contribution in [1.82, 2.24) is 4.57 Å². The van der Waals surface area contributed by atoms with Gasteiger partial charge >= 0.3 is 0 Å². The van der Waals surface area contributed by atoms with E-state index in [1.807, 2.05) is 0 Å². The van der Waals surface area contributed by atoms with Crippen molar-refractivity contribution in [3.8, 4) is 0 Å². The van der Waals surface area contributed by atoms with Crippen molar-refractivity contribution >= 4 is 42.8 Å². The predicted molar refractivity (Wildman–Crippen MR) is 72.6 cm³/mol. The molecule has 0 fully saturated rings. The fourth-order valence-electron chi connectivity index (χ4n) is 1.71. The van der Waals surface area contributed by atoms with Crippen molar-refractivity contribution < 1.29 is 0 Å². The summed E-state index contributed by atoms with van der Waals surface area (Å²) in [6.07, 6.45) is 2.16. The zero-order chi connectivity index (χ0) is 10.8. The van der Waals surface area contributed by atoms with Crippen LogP contribution in [0.4, 0.5) is 0 Å². The third-order valence-corrected chi connectivity index (χ3v) is 4.10. The normalized spacial score (nSPS) is 13.3. The summed E-state index contributed by atoms with van der Waals surface area (Å²) < 4.78 is 3.45. The second-order valence-electron chi connectivity index (χ2n) is 3.93. The van der Waals surface area contributed by atoms with Crippen LogP contribution in [0.1, 0.15) is 6.92 Å². The molecule has 0 saturated carbocycles. The number of hydrogen-bond donors (Lipinski definition) is 0. The first kappa shape index (κ1) is 11.2. The minimum Gasteiger partial charge on any atom is -0.347 e. The Morgan fingerprint density at radius 2 is 2.13 bits per heavy atom. The SMILES string of the molecule is CC(CBr)Cn1ccc2cc(Br)ccc21. The first-order valence-electron chi connectivity index (χ1n) is 5.01. The monoisotopic (exact) mass is 329 g/mol. The summed E-state index contributed by atoms with van der Waals surface area (Å²) in [6, 6.07) is 8.59. The molecule has 1 aromatic heterocycles. The van der Waals surface area contributed by atoms with E-state index < -0.39 is 0 Å². The molecule has 0 saturated heterocycles. The van der Waals surface area contributed by atoms with Crippen LogP contribution in [0, 0.1) is 5.92 Å². The van der Waals surface area contributed by atoms with Gasteiger partial charge in [-0.3, -0.25) is 0 Å². The highest BCUT2D eigenvalue weighted by Crippen LogP contribution is 2.21. The molecular formula is C12H13Br2N. The molecule has 0 N–H and O–H groups in total. The van der Waals surface area contributed by atoms with Crippen LogP contribution in [0.15, 0.2) is 34.9 Å². The standard InChI is InChI=1S/C12H13Br2N/c1-9(7-13)8-15-5-4-10-6-11(14)2-3-12(10)15/h2-6,9H,7-8H2,1H3. The molecule has 2 rings (SSSR count). The van der Waals surface area contributed by atoms with Crippen LogP contribution >= 0.6 is 31.9 Å². The maximum atomic E-state index is 3.52. The number of benzene rings is 1. The first-order valence-corrected chi connectivity index (χ1v) is 6.92. The Kier molecular flexibility index (Phi) is 3.52. The Labute approximate surface area is 107 Å². The largest absolute Gasteiger partial charge is 0.347 e. The summed E-state index contributed by atoms with van der Waals surface area (Å²) >= 11 is 7.00. The van der Waals surface area contributed by atoms with Gasteiger partial charge in [-0.1, -0.05) is 38.8 Å². The molecule has 0 aliphatic rings. The minimum atomic E-state index is 0.657. The molecule has 0 radical (unpaired) electrons. The lowest BCUT2D eigenvalue weighted by atomic mass is 10.2. The van der Waals surface area contributed by atoms with E-state index in [1.165, 1.54) is 10.9 Å². The Bertz CT molecular complexity index is 462. The molecule has 0 aliphatic carbocycles. The lowest BCUT2D eigenvalue weighted by Gasteiger charge is -2.10. The summed E-state index contributed by atoms with van der Waals surface area (Å²) in [5, 5.41) is 2.34. The van der Waals surface area contributed by atoms with Gasteiger partial charge in [0.1, 0.15) is 0 Å². The maximum absolute atomic E-state index is 3.52. The summed E-state index contributed by atoms with van der Waals surface area (Å²) in [4.78, 5) is 0. The molecule has 15 heavy (non-hydrogen) atoms. The molecule has 0 bridgehead atoms. The van der Waals surface area contributed by atoms with Crippen molar-refractivity contribution in [2.75, 3.05) is 5.33 Å². The smallest absolute Gasteiger partial charge is 0.0481 e. The number of aromatic nitrogens is 1. The zero-order valence-corrected chi connectivity index (χ0v) is 11.8. The van der Waals surface area contributed by atoms with E-state index in [9.17, 15) is 0 Å². The van der Waals surface area contributed by atoms with E-state index in [0.29, 0.717) is 5.92 Å². The van der Waals surface area contributed by atoms with Crippen LogP contribution in [-0.2, 0) is 6.54 Å². The summed E-state index contributed by atoms with van der Waals surface area (Å²) in [5.74, 6) is 0.657. The van der Waals surface area contributed by atoms with Gasteiger partial charge < -0.3 is 4.57 Å². The van der Waals surface area contributed by atoms with Gasteiger partial charge in [0.05, 0.1) is 0 Å². The lowest BCUT2D eigenvalue weighted by molar-refractivity contribution is 0.546. The van der Waals surface area contributed by atoms with Crippen molar-refractivity contribution in [2.24, 2.45) is 5.92 Å². The second-order valence-corrected chi connectivity index (χ2v) is 5.49. The highest BCUT2D eigenvalue weighted by molar-refractivity contribution is 9.10. The van der Waals surface area contributed by atoms with Gasteiger partial charge in [0, 0.05) is 33.4 Å². The minimum absolute atomic E-state index is 0.657. The average molecular weight is 331 g/mol. The topological polar surface area (TPSA) is 4.93 Å². The van der Waals surface area contributed by atoms with Crippen LogP contribution < -0.4 is 0 Å². The van der Waals surface area contributed by atoms with Crippen molar-refractivity contribution in [1.29, 1.82) is 0 Å². The number of nitrogens with zero attached hydrogens (tertiary/aromatic N) is 1. The summed E-state index contributed by atoms with van der Waals surface area (Å²) in [6.45, 7) is 3.32. The van der Waals surface area contributed by atoms with E-state index in [2.05, 4.69) is 73.8 Å². The highest BCUT2D eigenvalue weighted by atomic mass is 79.9. The third kappa shape index (κ3) is 2.45. The van der Waals surface area contributed by atoms with Gasteiger partial charge in [0.2, 0.25) is 0 Å². The maximum Gasteiger partial charge on any atom is 0.0481 e. The van der Waals surface area contributed by atoms with Crippen LogP contribution in [0.5, 0.6) is 0 Å². The Balaban J connectivity index is 2.36. The molecule has 0 amide bonds. The molecule has 1 aromatic carbocycles. The van der Waals surface area contributed by atoms with Gasteiger partial charge in [-0.25, -0.2) is 0 Å². The Morgan fingerprint density at radius 1 is 1.33 bits per heavy atom. The highest BCUT2D eigenvalue weighted by Gasteiger charge is 2.05. The van der Waals surface area contributed by atoms with Crippen LogP contribution in [0.2, 0.25) is 0 Å². The average Bonchev–Trinajstić information content (AvgIpc) is 2.60. The van der Waals surface area contributed by atoms with Gasteiger partial charge in [0.25, 0.3) is 0 Å². The molecule has 1 atom stereocenters. The van der Waals surface area contributed by atoms with Crippen molar-refractivity contribution in [3.63, 3.8) is 0 Å². The van der Waals surface area contributed by atoms with E-state index >= 15 is 0 Å². The van der Waals surface area contributed by atoms with Crippen LogP contribution in [-0.4, -0.2) is 9.90 Å². The fourth-order valence-corrected chi connectivity index (χ4v) is 2.30. The van der Waals surface area contributed by atoms with E-state index in [0.717, 1.165) is 16.3 Å². The van der Waals surface area contributed by atoms with E-state index in [1.54, 1.807) is 0 Å². The fraction of sp³-hybridized carbons (Fsp3) is 0.333. The molecule has 80 valence electrons. The second kappa shape index (κ2) is 4.71. The van der Waals surface area contributed by atoms with Gasteiger partial charge in [-0.05, 0) is 30.2 Å². The first-order chi connectivity index (χ1) is 7.20. The van der Waals surface area contributed by atoms with Crippen molar-refractivity contribution in [2.45, 2.75) is 13.5 Å². The van der Waals surface area contributed by atoms with Crippen LogP contribution in [0.25, 0.3) is 10.9 Å².